The van der Waals surface area contributed by atoms with Gasteiger partial charge in [0.25, 0.3) is 0 Å². The molecule has 1 heterocycles. The molecule has 0 aliphatic heterocycles. The van der Waals surface area contributed by atoms with Crippen LogP contribution in [-0.4, -0.2) is 22.8 Å². The third-order valence-corrected chi connectivity index (χ3v) is 4.37. The highest BCUT2D eigenvalue weighted by Gasteiger charge is 2.45. The van der Waals surface area contributed by atoms with Gasteiger partial charge < -0.3 is 4.90 Å². The maximum atomic E-state index is 13.0. The topological polar surface area (TPSA) is 33.2 Å². The fourth-order valence-corrected chi connectivity index (χ4v) is 2.93. The monoisotopic (exact) mass is 318 g/mol. The van der Waals surface area contributed by atoms with E-state index in [9.17, 15) is 9.18 Å². The molecule has 1 aliphatic carbocycles. The molecule has 1 aliphatic rings. The number of nitrogens with zero attached hydrogens (tertiary/aromatic N) is 2. The van der Waals surface area contributed by atoms with Crippen LogP contribution in [0.1, 0.15) is 23.5 Å². The number of hydrogen-bond acceptors (Lipinski definition) is 2. The van der Waals surface area contributed by atoms with Gasteiger partial charge in [0, 0.05) is 36.9 Å². The molecule has 0 saturated heterocycles. The van der Waals surface area contributed by atoms with Crippen molar-refractivity contribution in [3.63, 3.8) is 0 Å². The summed E-state index contributed by atoms with van der Waals surface area (Å²) in [7, 11) is 1.75. The maximum absolute atomic E-state index is 13.0. The van der Waals surface area contributed by atoms with Crippen LogP contribution in [-0.2, 0) is 11.3 Å². The van der Waals surface area contributed by atoms with Crippen molar-refractivity contribution in [3.05, 3.63) is 64.7 Å². The fraction of sp³-hybridized carbons (Fsp3) is 0.294. The number of benzene rings is 1. The number of carbonyl (C=O) groups excluding carboxylic acids is 1. The van der Waals surface area contributed by atoms with E-state index in [2.05, 4.69) is 4.98 Å². The van der Waals surface area contributed by atoms with Gasteiger partial charge in [-0.25, -0.2) is 4.39 Å². The summed E-state index contributed by atoms with van der Waals surface area (Å²) in [5, 5.41) is 0.347. The Morgan fingerprint density at radius 2 is 2.27 bits per heavy atom. The van der Waals surface area contributed by atoms with Gasteiger partial charge in [0.15, 0.2) is 0 Å². The van der Waals surface area contributed by atoms with Gasteiger partial charge >= 0.3 is 0 Å². The number of hydrogen-bond donors (Lipinski definition) is 0. The number of carbonyl (C=O) groups is 1. The van der Waals surface area contributed by atoms with Gasteiger partial charge in [0.05, 0.1) is 0 Å². The molecule has 0 unspecified atom stereocenters. The van der Waals surface area contributed by atoms with Gasteiger partial charge in [-0.1, -0.05) is 23.7 Å². The normalized spacial score (nSPS) is 19.8. The lowest BCUT2D eigenvalue weighted by atomic mass is 10.1. The first-order valence-corrected chi connectivity index (χ1v) is 7.53. The molecule has 5 heteroatoms. The second-order valence-corrected chi connectivity index (χ2v) is 6.07. The summed E-state index contributed by atoms with van der Waals surface area (Å²) in [5.41, 5.74) is 1.85. The number of amides is 1. The van der Waals surface area contributed by atoms with Crippen molar-refractivity contribution in [2.45, 2.75) is 18.9 Å². The summed E-state index contributed by atoms with van der Waals surface area (Å²) < 4.78 is 13.0. The van der Waals surface area contributed by atoms with Gasteiger partial charge in [-0.2, -0.15) is 0 Å². The minimum atomic E-state index is -0.374. The van der Waals surface area contributed by atoms with Gasteiger partial charge in [-0.3, -0.25) is 9.78 Å². The van der Waals surface area contributed by atoms with E-state index in [1.807, 2.05) is 18.3 Å². The Labute approximate surface area is 133 Å². The van der Waals surface area contributed by atoms with Crippen LogP contribution < -0.4 is 0 Å². The summed E-state index contributed by atoms with van der Waals surface area (Å²) in [6.45, 7) is 0.383. The van der Waals surface area contributed by atoms with E-state index in [-0.39, 0.29) is 23.6 Å². The zero-order chi connectivity index (χ0) is 15.7. The minimum Gasteiger partial charge on any atom is -0.341 e. The molecule has 1 aromatic carbocycles. The lowest BCUT2D eigenvalue weighted by Crippen LogP contribution is -2.28. The predicted molar refractivity (Wildman–Crippen MR) is 83.0 cm³/mol. The fourth-order valence-electron chi connectivity index (χ4n) is 2.70. The molecule has 1 fully saturated rings. The van der Waals surface area contributed by atoms with Gasteiger partial charge in [-0.15, -0.1) is 0 Å². The number of halogens is 2. The second kappa shape index (κ2) is 6.05. The van der Waals surface area contributed by atoms with Crippen LogP contribution in [0, 0.1) is 11.7 Å². The predicted octanol–water partition coefficient (Wildman–Crippen LogP) is 3.64. The third-order valence-electron chi connectivity index (χ3n) is 4.02. The SMILES string of the molecule is CN(Cc1ccc(F)cc1Cl)C(=O)[C@@H]1C[C@H]1c1cccnc1. The third kappa shape index (κ3) is 3.12. The van der Waals surface area contributed by atoms with Crippen LogP contribution in [0.2, 0.25) is 5.02 Å². The molecule has 0 N–H and O–H groups in total. The van der Waals surface area contributed by atoms with Crippen LogP contribution in [0.5, 0.6) is 0 Å². The van der Waals surface area contributed by atoms with E-state index in [0.717, 1.165) is 17.5 Å². The van der Waals surface area contributed by atoms with Gasteiger partial charge in [-0.05, 0) is 41.7 Å². The highest BCUT2D eigenvalue weighted by atomic mass is 35.5. The van der Waals surface area contributed by atoms with Crippen molar-refractivity contribution in [1.82, 2.24) is 9.88 Å². The quantitative estimate of drug-likeness (QED) is 0.862. The van der Waals surface area contributed by atoms with E-state index >= 15 is 0 Å². The highest BCUT2D eigenvalue weighted by molar-refractivity contribution is 6.31. The Bertz CT molecular complexity index is 692. The molecule has 2 aromatic rings. The summed E-state index contributed by atoms with van der Waals surface area (Å²) in [6, 6.07) is 8.13. The molecule has 1 amide bonds. The molecule has 0 spiro atoms. The average Bonchev–Trinajstić information content (AvgIpc) is 3.30. The average molecular weight is 319 g/mol. The lowest BCUT2D eigenvalue weighted by molar-refractivity contribution is -0.131. The van der Waals surface area contributed by atoms with E-state index in [1.165, 1.54) is 12.1 Å². The van der Waals surface area contributed by atoms with Crippen molar-refractivity contribution in [1.29, 1.82) is 0 Å². The van der Waals surface area contributed by atoms with Crippen LogP contribution in [0.25, 0.3) is 0 Å². The maximum Gasteiger partial charge on any atom is 0.226 e. The first kappa shape index (κ1) is 15.0. The zero-order valence-electron chi connectivity index (χ0n) is 12.2. The molecule has 2 atom stereocenters. The van der Waals surface area contributed by atoms with Gasteiger partial charge in [0.1, 0.15) is 5.82 Å². The molecule has 0 radical (unpaired) electrons. The van der Waals surface area contributed by atoms with Crippen molar-refractivity contribution in [2.24, 2.45) is 5.92 Å². The van der Waals surface area contributed by atoms with E-state index in [4.69, 9.17) is 11.6 Å². The second-order valence-electron chi connectivity index (χ2n) is 5.67. The summed E-state index contributed by atoms with van der Waals surface area (Å²) in [5.74, 6) is -0.0171. The Balaban J connectivity index is 1.64. The molecule has 1 aromatic heterocycles. The van der Waals surface area contributed by atoms with Crippen LogP contribution in [0.3, 0.4) is 0 Å². The van der Waals surface area contributed by atoms with E-state index in [0.29, 0.717) is 11.6 Å². The summed E-state index contributed by atoms with van der Waals surface area (Å²) >= 11 is 6.01. The molecule has 3 nitrogen and oxygen atoms in total. The molecule has 0 bridgehead atoms. The van der Waals surface area contributed by atoms with Gasteiger partial charge in [0.2, 0.25) is 5.91 Å². The van der Waals surface area contributed by atoms with Crippen LogP contribution >= 0.6 is 11.6 Å². The number of aromatic nitrogens is 1. The van der Waals surface area contributed by atoms with Crippen LogP contribution in [0.15, 0.2) is 42.7 Å². The molecule has 22 heavy (non-hydrogen) atoms. The Hall–Kier alpha value is -1.94. The Morgan fingerprint density at radius 1 is 1.45 bits per heavy atom. The Morgan fingerprint density at radius 3 is 2.95 bits per heavy atom. The van der Waals surface area contributed by atoms with Crippen molar-refractivity contribution < 1.29 is 9.18 Å². The van der Waals surface area contributed by atoms with Crippen LogP contribution in [0.4, 0.5) is 4.39 Å². The minimum absolute atomic E-state index is 0.00780. The van der Waals surface area contributed by atoms with Crippen molar-refractivity contribution in [3.8, 4) is 0 Å². The van der Waals surface area contributed by atoms with E-state index < -0.39 is 0 Å². The molecular formula is C17H16ClFN2O. The smallest absolute Gasteiger partial charge is 0.226 e. The first-order valence-electron chi connectivity index (χ1n) is 7.15. The standard InChI is InChI=1S/C17H16ClFN2O/c1-21(10-12-4-5-13(19)7-16(12)18)17(22)15-8-14(15)11-3-2-6-20-9-11/h2-7,9,14-15H,8,10H2,1H3/t14-,15+/m0/s1. The summed E-state index contributed by atoms with van der Waals surface area (Å²) in [6.07, 6.45) is 4.40. The van der Waals surface area contributed by atoms with E-state index in [1.54, 1.807) is 24.2 Å². The highest BCUT2D eigenvalue weighted by Crippen LogP contribution is 2.48. The molecule has 3 rings (SSSR count). The molecule has 114 valence electrons. The lowest BCUT2D eigenvalue weighted by Gasteiger charge is -2.18. The first-order chi connectivity index (χ1) is 10.6. The Kier molecular flexibility index (Phi) is 4.12. The molecular weight excluding hydrogens is 303 g/mol. The zero-order valence-corrected chi connectivity index (χ0v) is 12.9. The number of pyridine rings is 1. The van der Waals surface area contributed by atoms with Crippen molar-refractivity contribution >= 4 is 17.5 Å². The van der Waals surface area contributed by atoms with Crippen molar-refractivity contribution in [2.75, 3.05) is 7.05 Å². The molecule has 1 saturated carbocycles. The largest absolute Gasteiger partial charge is 0.341 e. The number of rotatable bonds is 4. The summed E-state index contributed by atoms with van der Waals surface area (Å²) in [4.78, 5) is 18.2.